The molecule has 154 valence electrons. The number of ketones is 2. The van der Waals surface area contributed by atoms with Crippen LogP contribution in [0.1, 0.15) is 47.5 Å². The summed E-state index contributed by atoms with van der Waals surface area (Å²) < 4.78 is 11.1. The number of fused-ring (bicyclic) bond motifs is 3. The highest BCUT2D eigenvalue weighted by Crippen LogP contribution is 2.49. The summed E-state index contributed by atoms with van der Waals surface area (Å²) in [7, 11) is 0. The second-order valence-corrected chi connectivity index (χ2v) is 8.22. The van der Waals surface area contributed by atoms with Gasteiger partial charge in [-0.2, -0.15) is 0 Å². The van der Waals surface area contributed by atoms with Crippen LogP contribution in [-0.2, 0) is 23.9 Å². The number of hydrogen-bond donors (Lipinski definition) is 0. The van der Waals surface area contributed by atoms with E-state index in [4.69, 9.17) is 21.1 Å². The minimum atomic E-state index is -1.62. The fraction of sp³-hybridized carbons (Fsp3) is 0.435. The molecule has 1 aliphatic carbocycles. The number of allylic oxidation sites excluding steroid dienone is 4. The van der Waals surface area contributed by atoms with E-state index >= 15 is 0 Å². The van der Waals surface area contributed by atoms with E-state index in [0.717, 1.165) is 6.42 Å². The number of esters is 1. The Bertz CT molecular complexity index is 946. The van der Waals surface area contributed by atoms with Crippen LogP contribution >= 0.6 is 11.6 Å². The predicted octanol–water partition coefficient (Wildman–Crippen LogP) is 4.69. The van der Waals surface area contributed by atoms with Gasteiger partial charge in [-0.1, -0.05) is 51.8 Å². The van der Waals surface area contributed by atoms with Crippen molar-refractivity contribution in [2.45, 2.75) is 53.1 Å². The summed E-state index contributed by atoms with van der Waals surface area (Å²) in [6.45, 7) is 9.26. The van der Waals surface area contributed by atoms with Gasteiger partial charge < -0.3 is 9.47 Å². The zero-order valence-electron chi connectivity index (χ0n) is 17.3. The van der Waals surface area contributed by atoms with Gasteiger partial charge in [0.2, 0.25) is 5.78 Å². The molecule has 3 atom stereocenters. The van der Waals surface area contributed by atoms with Crippen molar-refractivity contribution < 1.29 is 23.9 Å². The molecule has 0 radical (unpaired) electrons. The van der Waals surface area contributed by atoms with Gasteiger partial charge in [-0.3, -0.25) is 9.59 Å². The highest BCUT2D eigenvalue weighted by atomic mass is 35.5. The number of carbonyl (C=O) groups excluding carboxylic acids is 3. The van der Waals surface area contributed by atoms with Gasteiger partial charge in [0.15, 0.2) is 11.4 Å². The van der Waals surface area contributed by atoms with Crippen molar-refractivity contribution in [3.63, 3.8) is 0 Å². The van der Waals surface area contributed by atoms with Crippen LogP contribution in [0.2, 0.25) is 0 Å². The van der Waals surface area contributed by atoms with Gasteiger partial charge in [-0.15, -0.1) is 0 Å². The number of rotatable bonds is 6. The first-order chi connectivity index (χ1) is 13.7. The SMILES string of the molecule is CC[C@H](C)/C=C/C1=CC2=C(Cl)C(=O)[C@@]3(C)OC(=O)C(C(=O)[C@H](C)CC)=C3C2=CO1. The molecular formula is C23H25ClO5. The molecule has 2 heterocycles. The van der Waals surface area contributed by atoms with Gasteiger partial charge in [-0.25, -0.2) is 4.79 Å². The lowest BCUT2D eigenvalue weighted by Gasteiger charge is -2.33. The Morgan fingerprint density at radius 2 is 1.93 bits per heavy atom. The van der Waals surface area contributed by atoms with Crippen LogP contribution in [-0.4, -0.2) is 23.1 Å². The van der Waals surface area contributed by atoms with Gasteiger partial charge in [-0.05, 0) is 31.4 Å². The highest BCUT2D eigenvalue weighted by Gasteiger charge is 2.57. The Morgan fingerprint density at radius 3 is 2.55 bits per heavy atom. The molecule has 0 saturated carbocycles. The molecule has 5 nitrogen and oxygen atoms in total. The van der Waals surface area contributed by atoms with Crippen molar-refractivity contribution in [2.75, 3.05) is 0 Å². The summed E-state index contributed by atoms with van der Waals surface area (Å²) in [6, 6.07) is 0. The van der Waals surface area contributed by atoms with Gasteiger partial charge in [0.1, 0.15) is 11.3 Å². The Morgan fingerprint density at radius 1 is 1.24 bits per heavy atom. The molecule has 0 saturated heterocycles. The molecule has 0 aromatic rings. The van der Waals surface area contributed by atoms with E-state index in [9.17, 15) is 14.4 Å². The van der Waals surface area contributed by atoms with Crippen molar-refractivity contribution >= 4 is 29.1 Å². The molecular weight excluding hydrogens is 392 g/mol. The van der Waals surface area contributed by atoms with Gasteiger partial charge in [0.25, 0.3) is 0 Å². The molecule has 0 unspecified atom stereocenters. The number of ether oxygens (including phenoxy) is 2. The quantitative estimate of drug-likeness (QED) is 0.464. The average molecular weight is 417 g/mol. The van der Waals surface area contributed by atoms with E-state index < -0.39 is 17.4 Å². The fourth-order valence-corrected chi connectivity index (χ4v) is 3.81. The molecule has 29 heavy (non-hydrogen) atoms. The number of hydrogen-bond acceptors (Lipinski definition) is 5. The summed E-state index contributed by atoms with van der Waals surface area (Å²) in [6.07, 6.45) is 8.49. The summed E-state index contributed by atoms with van der Waals surface area (Å²) in [5.41, 5.74) is -0.581. The molecule has 0 bridgehead atoms. The van der Waals surface area contributed by atoms with Gasteiger partial charge in [0.05, 0.1) is 11.3 Å². The summed E-state index contributed by atoms with van der Waals surface area (Å²) in [4.78, 5) is 38.5. The lowest BCUT2D eigenvalue weighted by atomic mass is 9.75. The first kappa shape index (κ1) is 21.3. The summed E-state index contributed by atoms with van der Waals surface area (Å²) >= 11 is 6.38. The lowest BCUT2D eigenvalue weighted by molar-refractivity contribution is -0.153. The monoisotopic (exact) mass is 416 g/mol. The Labute approximate surface area is 175 Å². The Balaban J connectivity index is 2.15. The number of carbonyl (C=O) groups is 3. The van der Waals surface area contributed by atoms with E-state index in [-0.39, 0.29) is 27.9 Å². The van der Waals surface area contributed by atoms with E-state index in [2.05, 4.69) is 13.8 Å². The van der Waals surface area contributed by atoms with Crippen LogP contribution in [0.3, 0.4) is 0 Å². The van der Waals surface area contributed by atoms with Crippen molar-refractivity contribution in [2.24, 2.45) is 11.8 Å². The average Bonchev–Trinajstić information content (AvgIpc) is 3.00. The Hall–Kier alpha value is -2.40. The number of halogens is 1. The smallest absolute Gasteiger partial charge is 0.343 e. The molecule has 0 amide bonds. The first-order valence-electron chi connectivity index (χ1n) is 9.89. The van der Waals surface area contributed by atoms with Crippen molar-refractivity contribution in [3.05, 3.63) is 57.6 Å². The predicted molar refractivity (Wildman–Crippen MR) is 110 cm³/mol. The van der Waals surface area contributed by atoms with Crippen LogP contribution in [0, 0.1) is 11.8 Å². The van der Waals surface area contributed by atoms with Crippen LogP contribution < -0.4 is 0 Å². The molecule has 0 spiro atoms. The summed E-state index contributed by atoms with van der Waals surface area (Å²) in [5.74, 6) is -1.15. The maximum atomic E-state index is 13.0. The topological polar surface area (TPSA) is 69.7 Å². The van der Waals surface area contributed by atoms with Crippen LogP contribution in [0.15, 0.2) is 57.6 Å². The molecule has 0 aromatic heterocycles. The van der Waals surface area contributed by atoms with Gasteiger partial charge in [0, 0.05) is 22.6 Å². The third-order valence-electron chi connectivity index (χ3n) is 5.80. The normalized spacial score (nSPS) is 25.9. The van der Waals surface area contributed by atoms with Crippen molar-refractivity contribution in [3.8, 4) is 0 Å². The first-order valence-corrected chi connectivity index (χ1v) is 10.3. The third-order valence-corrected chi connectivity index (χ3v) is 6.17. The van der Waals surface area contributed by atoms with E-state index in [0.29, 0.717) is 29.2 Å². The molecule has 0 aromatic carbocycles. The van der Waals surface area contributed by atoms with Crippen LogP contribution in [0.4, 0.5) is 0 Å². The largest absolute Gasteiger partial charge is 0.464 e. The fourth-order valence-electron chi connectivity index (χ4n) is 3.47. The van der Waals surface area contributed by atoms with E-state index in [1.165, 1.54) is 13.2 Å². The van der Waals surface area contributed by atoms with Crippen LogP contribution in [0.25, 0.3) is 0 Å². The molecule has 3 rings (SSSR count). The summed E-state index contributed by atoms with van der Waals surface area (Å²) in [5, 5.41) is -0.0368. The van der Waals surface area contributed by atoms with E-state index in [1.54, 1.807) is 13.0 Å². The highest BCUT2D eigenvalue weighted by molar-refractivity contribution is 6.46. The second kappa shape index (κ2) is 7.79. The minimum absolute atomic E-state index is 0.0368. The standard InChI is InChI=1S/C23H25ClO5/c1-6-12(3)8-9-14-10-15-16(11-28-14)18-17(20(25)13(4)7-2)22(27)29-23(18,5)21(26)19(15)24/h8-13H,6-7H2,1-5H3/b9-8+/t12-,13+,23-/m0/s1. The number of Topliss-reactive ketones (excluding diaryl/α,β-unsaturated/α-hetero) is 2. The second-order valence-electron chi connectivity index (χ2n) is 7.84. The van der Waals surface area contributed by atoms with Crippen molar-refractivity contribution in [1.29, 1.82) is 0 Å². The Kier molecular flexibility index (Phi) is 5.72. The maximum absolute atomic E-state index is 13.0. The molecule has 3 aliphatic rings. The minimum Gasteiger partial charge on any atom is -0.464 e. The third kappa shape index (κ3) is 3.42. The maximum Gasteiger partial charge on any atom is 0.343 e. The zero-order valence-corrected chi connectivity index (χ0v) is 18.1. The van der Waals surface area contributed by atoms with Crippen molar-refractivity contribution in [1.82, 2.24) is 0 Å². The molecule has 0 fully saturated rings. The molecule has 0 N–H and O–H groups in total. The molecule has 6 heteroatoms. The lowest BCUT2D eigenvalue weighted by Crippen LogP contribution is -2.42. The molecule has 2 aliphatic heterocycles. The van der Waals surface area contributed by atoms with Crippen LogP contribution in [0.5, 0.6) is 0 Å². The van der Waals surface area contributed by atoms with Gasteiger partial charge >= 0.3 is 5.97 Å². The zero-order chi connectivity index (χ0) is 21.5. The van der Waals surface area contributed by atoms with E-state index in [1.807, 2.05) is 19.1 Å².